The molecule has 4 heteroatoms. The van der Waals surface area contributed by atoms with Crippen molar-refractivity contribution < 1.29 is 14.3 Å². The van der Waals surface area contributed by atoms with Crippen molar-refractivity contribution in [2.45, 2.75) is 32.8 Å². The quantitative estimate of drug-likeness (QED) is 0.813. The van der Waals surface area contributed by atoms with Gasteiger partial charge in [0.25, 0.3) is 0 Å². The summed E-state index contributed by atoms with van der Waals surface area (Å²) in [6.07, 6.45) is 1.25. The highest BCUT2D eigenvalue weighted by Gasteiger charge is 2.23. The minimum Gasteiger partial charge on any atom is -0.450 e. The highest BCUT2D eigenvalue weighted by molar-refractivity contribution is 7.17. The molecule has 1 aliphatic carbocycles. The van der Waals surface area contributed by atoms with E-state index in [2.05, 4.69) is 12.1 Å². The van der Waals surface area contributed by atoms with Crippen LogP contribution in [0.4, 0.5) is 0 Å². The number of aryl methyl sites for hydroxylation is 2. The molecule has 0 saturated carbocycles. The van der Waals surface area contributed by atoms with Crippen molar-refractivity contribution in [3.05, 3.63) is 46.3 Å². The molecule has 1 aromatic heterocycles. The average Bonchev–Trinajstić information content (AvgIpc) is 2.91. The molecule has 0 spiro atoms. The number of rotatable bonds is 3. The maximum absolute atomic E-state index is 12.1. The summed E-state index contributed by atoms with van der Waals surface area (Å²) >= 11 is 1.45. The van der Waals surface area contributed by atoms with Crippen LogP contribution in [0.5, 0.6) is 0 Å². The van der Waals surface area contributed by atoms with Crippen molar-refractivity contribution in [3.8, 4) is 10.4 Å². The van der Waals surface area contributed by atoms with Gasteiger partial charge in [-0.2, -0.15) is 0 Å². The fourth-order valence-electron chi connectivity index (χ4n) is 2.47. The SMILES string of the molecule is CC(=O)C(C)OC(=O)c1cc2c(s1)-c1ccccc1CC2. The van der Waals surface area contributed by atoms with Crippen LogP contribution in [0.3, 0.4) is 0 Å². The molecule has 3 rings (SSSR count). The maximum atomic E-state index is 12.1. The van der Waals surface area contributed by atoms with Crippen LogP contribution in [0.25, 0.3) is 10.4 Å². The van der Waals surface area contributed by atoms with E-state index in [1.807, 2.05) is 18.2 Å². The van der Waals surface area contributed by atoms with E-state index in [9.17, 15) is 9.59 Å². The van der Waals surface area contributed by atoms with Gasteiger partial charge in [0.15, 0.2) is 11.9 Å². The van der Waals surface area contributed by atoms with Crippen molar-refractivity contribution in [1.82, 2.24) is 0 Å². The number of hydrogen-bond acceptors (Lipinski definition) is 4. The predicted molar refractivity (Wildman–Crippen MR) is 82.7 cm³/mol. The van der Waals surface area contributed by atoms with E-state index in [1.165, 1.54) is 35.0 Å². The molecule has 1 aliphatic rings. The monoisotopic (exact) mass is 300 g/mol. The first kappa shape index (κ1) is 14.0. The second-order valence-corrected chi connectivity index (χ2v) is 6.33. The minimum atomic E-state index is -0.691. The molecule has 1 aromatic carbocycles. The second-order valence-electron chi connectivity index (χ2n) is 5.28. The molecule has 1 unspecified atom stereocenters. The van der Waals surface area contributed by atoms with Gasteiger partial charge in [-0.25, -0.2) is 4.79 Å². The standard InChI is InChI=1S/C17H16O3S/c1-10(18)11(2)20-17(19)15-9-13-8-7-12-5-3-4-6-14(12)16(13)21-15/h3-6,9,11H,7-8H2,1-2H3. The second kappa shape index (κ2) is 5.45. The summed E-state index contributed by atoms with van der Waals surface area (Å²) < 4.78 is 5.19. The Labute approximate surface area is 127 Å². The molecule has 0 N–H and O–H groups in total. The number of ether oxygens (including phenoxy) is 1. The van der Waals surface area contributed by atoms with Gasteiger partial charge in [0, 0.05) is 4.88 Å². The van der Waals surface area contributed by atoms with Crippen LogP contribution in [0, 0.1) is 0 Å². The fraction of sp³-hybridized carbons (Fsp3) is 0.294. The normalized spacial score (nSPS) is 14.0. The Morgan fingerprint density at radius 2 is 1.90 bits per heavy atom. The predicted octanol–water partition coefficient (Wildman–Crippen LogP) is 3.65. The van der Waals surface area contributed by atoms with E-state index in [1.54, 1.807) is 6.92 Å². The molecule has 0 saturated heterocycles. The number of ketones is 1. The van der Waals surface area contributed by atoms with Crippen LogP contribution in [-0.2, 0) is 22.4 Å². The molecule has 21 heavy (non-hydrogen) atoms. The third-order valence-corrected chi connectivity index (χ3v) is 4.98. The number of carbonyl (C=O) groups is 2. The highest BCUT2D eigenvalue weighted by atomic mass is 32.1. The molecular weight excluding hydrogens is 284 g/mol. The van der Waals surface area contributed by atoms with Crippen LogP contribution < -0.4 is 0 Å². The van der Waals surface area contributed by atoms with E-state index in [4.69, 9.17) is 4.74 Å². The number of hydrogen-bond donors (Lipinski definition) is 0. The van der Waals surface area contributed by atoms with Gasteiger partial charge in [0.05, 0.1) is 0 Å². The lowest BCUT2D eigenvalue weighted by atomic mass is 9.91. The van der Waals surface area contributed by atoms with Gasteiger partial charge in [-0.1, -0.05) is 24.3 Å². The highest BCUT2D eigenvalue weighted by Crippen LogP contribution is 2.39. The number of Topliss-reactive ketones (excluding diaryl/α,β-unsaturated/α-hetero) is 1. The molecule has 0 bridgehead atoms. The fourth-order valence-corrected chi connectivity index (χ4v) is 3.63. The topological polar surface area (TPSA) is 43.4 Å². The van der Waals surface area contributed by atoms with Gasteiger partial charge in [-0.15, -0.1) is 11.3 Å². The van der Waals surface area contributed by atoms with Gasteiger partial charge >= 0.3 is 5.97 Å². The van der Waals surface area contributed by atoms with Crippen molar-refractivity contribution in [3.63, 3.8) is 0 Å². The summed E-state index contributed by atoms with van der Waals surface area (Å²) in [5.74, 6) is -0.551. The van der Waals surface area contributed by atoms with Gasteiger partial charge in [0.1, 0.15) is 4.88 Å². The van der Waals surface area contributed by atoms with Gasteiger partial charge in [-0.3, -0.25) is 4.79 Å². The first-order valence-electron chi connectivity index (χ1n) is 6.98. The van der Waals surface area contributed by atoms with Crippen LogP contribution in [0.15, 0.2) is 30.3 Å². The van der Waals surface area contributed by atoms with E-state index in [0.717, 1.165) is 17.7 Å². The maximum Gasteiger partial charge on any atom is 0.349 e. The molecule has 3 nitrogen and oxygen atoms in total. The Morgan fingerprint density at radius 3 is 2.67 bits per heavy atom. The number of benzene rings is 1. The van der Waals surface area contributed by atoms with Crippen molar-refractivity contribution in [1.29, 1.82) is 0 Å². The lowest BCUT2D eigenvalue weighted by molar-refractivity contribution is -0.124. The van der Waals surface area contributed by atoms with Gasteiger partial charge in [-0.05, 0) is 49.4 Å². The molecule has 2 aromatic rings. The molecule has 0 aliphatic heterocycles. The Bertz CT molecular complexity index is 715. The van der Waals surface area contributed by atoms with Crippen molar-refractivity contribution in [2.75, 3.05) is 0 Å². The molecule has 0 fully saturated rings. The first-order valence-corrected chi connectivity index (χ1v) is 7.80. The molecule has 0 amide bonds. The van der Waals surface area contributed by atoms with E-state index in [-0.39, 0.29) is 5.78 Å². The molecule has 1 atom stereocenters. The molecular formula is C17H16O3S. The number of fused-ring (bicyclic) bond motifs is 3. The zero-order valence-corrected chi connectivity index (χ0v) is 12.8. The van der Waals surface area contributed by atoms with Crippen molar-refractivity contribution in [2.24, 2.45) is 0 Å². The Balaban J connectivity index is 1.90. The van der Waals surface area contributed by atoms with E-state index < -0.39 is 12.1 Å². The number of carbonyl (C=O) groups excluding carboxylic acids is 2. The largest absolute Gasteiger partial charge is 0.450 e. The van der Waals surface area contributed by atoms with Gasteiger partial charge < -0.3 is 4.74 Å². The summed E-state index contributed by atoms with van der Waals surface area (Å²) in [6.45, 7) is 3.02. The lowest BCUT2D eigenvalue weighted by Crippen LogP contribution is -2.21. The minimum absolute atomic E-state index is 0.144. The summed E-state index contributed by atoms with van der Waals surface area (Å²) in [5.41, 5.74) is 3.73. The zero-order valence-electron chi connectivity index (χ0n) is 12.0. The molecule has 108 valence electrons. The smallest absolute Gasteiger partial charge is 0.349 e. The summed E-state index contributed by atoms with van der Waals surface area (Å²) in [6, 6.07) is 10.2. The Kier molecular flexibility index (Phi) is 3.64. The first-order chi connectivity index (χ1) is 10.1. The molecule has 1 heterocycles. The van der Waals surface area contributed by atoms with Crippen LogP contribution in [0.1, 0.15) is 34.6 Å². The number of thiophene rings is 1. The Hall–Kier alpha value is -1.94. The van der Waals surface area contributed by atoms with Crippen LogP contribution >= 0.6 is 11.3 Å². The average molecular weight is 300 g/mol. The molecule has 0 radical (unpaired) electrons. The van der Waals surface area contributed by atoms with E-state index in [0.29, 0.717) is 4.88 Å². The van der Waals surface area contributed by atoms with Crippen molar-refractivity contribution >= 4 is 23.1 Å². The Morgan fingerprint density at radius 1 is 1.19 bits per heavy atom. The lowest BCUT2D eigenvalue weighted by Gasteiger charge is -2.15. The summed E-state index contributed by atoms with van der Waals surface area (Å²) in [7, 11) is 0. The van der Waals surface area contributed by atoms with Crippen LogP contribution in [-0.4, -0.2) is 17.9 Å². The zero-order chi connectivity index (χ0) is 15.0. The third kappa shape index (κ3) is 2.63. The van der Waals surface area contributed by atoms with Gasteiger partial charge in [0.2, 0.25) is 0 Å². The third-order valence-electron chi connectivity index (χ3n) is 3.79. The number of esters is 1. The summed E-state index contributed by atoms with van der Waals surface area (Å²) in [4.78, 5) is 25.0. The summed E-state index contributed by atoms with van der Waals surface area (Å²) in [5, 5.41) is 0. The van der Waals surface area contributed by atoms with Crippen LogP contribution in [0.2, 0.25) is 0 Å². The van der Waals surface area contributed by atoms with E-state index >= 15 is 0 Å².